The molecular weight excluding hydrogens is 357 g/mol. The topological polar surface area (TPSA) is 22.1 Å². The second-order valence-electron chi connectivity index (χ2n) is 4.46. The van der Waals surface area contributed by atoms with E-state index in [4.69, 9.17) is 16.3 Å². The van der Waals surface area contributed by atoms with Crippen molar-refractivity contribution in [2.45, 2.75) is 5.88 Å². The van der Waals surface area contributed by atoms with Gasteiger partial charge in [0.15, 0.2) is 0 Å². The van der Waals surface area contributed by atoms with E-state index in [1.54, 1.807) is 12.1 Å². The minimum absolute atomic E-state index is 0.287. The summed E-state index contributed by atoms with van der Waals surface area (Å²) in [5.41, 5.74) is 1.61. The van der Waals surface area contributed by atoms with Crippen LogP contribution in [0.4, 0.5) is 4.39 Å². The first-order chi connectivity index (χ1) is 10.2. The number of fused-ring (bicyclic) bond motifs is 1. The molecule has 1 aromatic heterocycles. The van der Waals surface area contributed by atoms with Crippen LogP contribution in [0.3, 0.4) is 0 Å². The first-order valence-electron chi connectivity index (χ1n) is 6.25. The summed E-state index contributed by atoms with van der Waals surface area (Å²) in [5, 5.41) is 1.00. The van der Waals surface area contributed by atoms with Crippen LogP contribution in [0.25, 0.3) is 10.9 Å². The monoisotopic (exact) mass is 365 g/mol. The molecule has 0 radical (unpaired) electrons. The van der Waals surface area contributed by atoms with Crippen molar-refractivity contribution in [1.82, 2.24) is 4.98 Å². The molecule has 0 fully saturated rings. The second-order valence-corrected chi connectivity index (χ2v) is 5.58. The van der Waals surface area contributed by atoms with Crippen molar-refractivity contribution in [3.8, 4) is 11.6 Å². The van der Waals surface area contributed by atoms with Gasteiger partial charge in [-0.3, -0.25) is 0 Å². The molecule has 0 saturated carbocycles. The fraction of sp³-hybridized carbons (Fsp3) is 0.0625. The SMILES string of the molecule is Fc1ccc(Oc2nc3ccccc3cc2CCl)cc1Br. The lowest BCUT2D eigenvalue weighted by Gasteiger charge is -2.10. The maximum absolute atomic E-state index is 13.3. The molecule has 2 nitrogen and oxygen atoms in total. The minimum Gasteiger partial charge on any atom is -0.439 e. The molecule has 3 rings (SSSR count). The van der Waals surface area contributed by atoms with Crippen LogP contribution >= 0.6 is 27.5 Å². The van der Waals surface area contributed by atoms with E-state index in [9.17, 15) is 4.39 Å². The summed E-state index contributed by atoms with van der Waals surface area (Å²) in [6.45, 7) is 0. The molecule has 21 heavy (non-hydrogen) atoms. The average molecular weight is 367 g/mol. The van der Waals surface area contributed by atoms with Crippen LogP contribution in [0, 0.1) is 5.82 Å². The van der Waals surface area contributed by atoms with E-state index in [1.165, 1.54) is 6.07 Å². The molecule has 0 spiro atoms. The van der Waals surface area contributed by atoms with Gasteiger partial charge >= 0.3 is 0 Å². The van der Waals surface area contributed by atoms with Crippen LogP contribution in [-0.4, -0.2) is 4.98 Å². The largest absolute Gasteiger partial charge is 0.439 e. The summed E-state index contributed by atoms with van der Waals surface area (Å²) < 4.78 is 19.3. The van der Waals surface area contributed by atoms with Crippen molar-refractivity contribution in [1.29, 1.82) is 0 Å². The Hall–Kier alpha value is -1.65. The van der Waals surface area contributed by atoms with Crippen molar-refractivity contribution in [2.75, 3.05) is 0 Å². The Balaban J connectivity index is 2.04. The van der Waals surface area contributed by atoms with Crippen LogP contribution in [0.1, 0.15) is 5.56 Å². The minimum atomic E-state index is -0.341. The standard InChI is InChI=1S/C16H10BrClFNO/c17-13-8-12(5-6-14(13)19)21-16-11(9-18)7-10-3-1-2-4-15(10)20-16/h1-8H,9H2. The third-order valence-corrected chi connectivity index (χ3v) is 3.91. The van der Waals surface area contributed by atoms with Crippen molar-refractivity contribution >= 4 is 38.4 Å². The van der Waals surface area contributed by atoms with Gasteiger partial charge in [0.05, 0.1) is 15.9 Å². The van der Waals surface area contributed by atoms with Gasteiger partial charge in [-0.25, -0.2) is 9.37 Å². The fourth-order valence-electron chi connectivity index (χ4n) is 1.98. The smallest absolute Gasteiger partial charge is 0.224 e. The van der Waals surface area contributed by atoms with E-state index < -0.39 is 0 Å². The molecule has 0 N–H and O–H groups in total. The van der Waals surface area contributed by atoms with Crippen LogP contribution in [0.2, 0.25) is 0 Å². The molecule has 1 heterocycles. The number of aromatic nitrogens is 1. The second kappa shape index (κ2) is 6.00. The number of rotatable bonds is 3. The third kappa shape index (κ3) is 3.01. The Kier molecular flexibility index (Phi) is 4.08. The summed E-state index contributed by atoms with van der Waals surface area (Å²) >= 11 is 9.10. The summed E-state index contributed by atoms with van der Waals surface area (Å²) in [7, 11) is 0. The number of hydrogen-bond donors (Lipinski definition) is 0. The normalized spacial score (nSPS) is 10.8. The zero-order valence-corrected chi connectivity index (χ0v) is 13.2. The highest BCUT2D eigenvalue weighted by Gasteiger charge is 2.10. The molecular formula is C16H10BrClFNO. The zero-order valence-electron chi connectivity index (χ0n) is 10.8. The van der Waals surface area contributed by atoms with Gasteiger partial charge in [0.2, 0.25) is 5.88 Å². The Labute approximate surface area is 134 Å². The number of hydrogen-bond acceptors (Lipinski definition) is 2. The Morgan fingerprint density at radius 1 is 1.14 bits per heavy atom. The first kappa shape index (κ1) is 14.3. The molecule has 3 aromatic rings. The van der Waals surface area contributed by atoms with E-state index >= 15 is 0 Å². The van der Waals surface area contributed by atoms with E-state index in [1.807, 2.05) is 30.3 Å². The summed E-state index contributed by atoms with van der Waals surface area (Å²) in [6.07, 6.45) is 0. The molecule has 2 aromatic carbocycles. The average Bonchev–Trinajstić information content (AvgIpc) is 2.50. The molecule has 0 amide bonds. The number of pyridine rings is 1. The summed E-state index contributed by atoms with van der Waals surface area (Å²) in [6, 6.07) is 14.1. The number of halogens is 3. The maximum atomic E-state index is 13.3. The summed E-state index contributed by atoms with van der Waals surface area (Å²) in [4.78, 5) is 4.48. The van der Waals surface area contributed by atoms with Gasteiger partial charge in [-0.2, -0.15) is 0 Å². The number of para-hydroxylation sites is 1. The van der Waals surface area contributed by atoms with E-state index in [2.05, 4.69) is 20.9 Å². The van der Waals surface area contributed by atoms with E-state index in [-0.39, 0.29) is 11.7 Å². The summed E-state index contributed by atoms with van der Waals surface area (Å²) in [5.74, 6) is 0.876. The number of nitrogens with zero attached hydrogens (tertiary/aromatic N) is 1. The van der Waals surface area contributed by atoms with Crippen molar-refractivity contribution in [2.24, 2.45) is 0 Å². The number of ether oxygens (including phenoxy) is 1. The van der Waals surface area contributed by atoms with Gasteiger partial charge in [0.25, 0.3) is 0 Å². The Morgan fingerprint density at radius 2 is 1.95 bits per heavy atom. The molecule has 5 heteroatoms. The Bertz CT molecular complexity index is 809. The quantitative estimate of drug-likeness (QED) is 0.557. The molecule has 0 aliphatic rings. The van der Waals surface area contributed by atoms with Gasteiger partial charge in [0.1, 0.15) is 11.6 Å². The van der Waals surface area contributed by atoms with E-state index in [0.29, 0.717) is 16.1 Å². The van der Waals surface area contributed by atoms with Crippen LogP contribution in [-0.2, 0) is 5.88 Å². The van der Waals surface area contributed by atoms with Gasteiger partial charge in [-0.05, 0) is 46.3 Å². The molecule has 0 unspecified atom stereocenters. The lowest BCUT2D eigenvalue weighted by atomic mass is 10.2. The third-order valence-electron chi connectivity index (χ3n) is 3.01. The first-order valence-corrected chi connectivity index (χ1v) is 7.57. The zero-order chi connectivity index (χ0) is 14.8. The maximum Gasteiger partial charge on any atom is 0.224 e. The van der Waals surface area contributed by atoms with E-state index in [0.717, 1.165) is 16.5 Å². The van der Waals surface area contributed by atoms with Crippen molar-refractivity contribution < 1.29 is 9.13 Å². The molecule has 0 aliphatic heterocycles. The predicted molar refractivity (Wildman–Crippen MR) is 85.5 cm³/mol. The molecule has 0 aliphatic carbocycles. The fourth-order valence-corrected chi connectivity index (χ4v) is 2.53. The van der Waals surface area contributed by atoms with Gasteiger partial charge in [-0.15, -0.1) is 11.6 Å². The van der Waals surface area contributed by atoms with Crippen LogP contribution in [0.5, 0.6) is 11.6 Å². The van der Waals surface area contributed by atoms with Crippen LogP contribution < -0.4 is 4.74 Å². The molecule has 0 saturated heterocycles. The van der Waals surface area contributed by atoms with Crippen molar-refractivity contribution in [3.05, 3.63) is 64.4 Å². The predicted octanol–water partition coefficient (Wildman–Crippen LogP) is 5.67. The lowest BCUT2D eigenvalue weighted by Crippen LogP contribution is -1.94. The highest BCUT2D eigenvalue weighted by atomic mass is 79.9. The molecule has 0 atom stereocenters. The molecule has 0 bridgehead atoms. The number of benzene rings is 2. The lowest BCUT2D eigenvalue weighted by molar-refractivity contribution is 0.458. The van der Waals surface area contributed by atoms with Gasteiger partial charge in [0, 0.05) is 10.9 Å². The van der Waals surface area contributed by atoms with Crippen molar-refractivity contribution in [3.63, 3.8) is 0 Å². The molecule has 106 valence electrons. The highest BCUT2D eigenvalue weighted by molar-refractivity contribution is 9.10. The van der Waals surface area contributed by atoms with Gasteiger partial charge in [-0.1, -0.05) is 18.2 Å². The number of alkyl halides is 1. The van der Waals surface area contributed by atoms with Crippen LogP contribution in [0.15, 0.2) is 53.0 Å². The van der Waals surface area contributed by atoms with Gasteiger partial charge < -0.3 is 4.74 Å². The Morgan fingerprint density at radius 3 is 2.71 bits per heavy atom. The highest BCUT2D eigenvalue weighted by Crippen LogP contribution is 2.30.